The molecule has 0 saturated carbocycles. The molecule has 0 fully saturated rings. The normalized spacial score (nSPS) is 12.0. The van der Waals surface area contributed by atoms with E-state index in [0.717, 1.165) is 49.2 Å². The van der Waals surface area contributed by atoms with Crippen LogP contribution in [0.1, 0.15) is 51.0 Å². The fourth-order valence-electron chi connectivity index (χ4n) is 7.06. The van der Waals surface area contributed by atoms with E-state index in [2.05, 4.69) is 46.0 Å². The van der Waals surface area contributed by atoms with Gasteiger partial charge in [-0.25, -0.2) is 0 Å². The molecule has 10 heteroatoms. The molecular formula is C52H53N3O6S. The van der Waals surface area contributed by atoms with E-state index >= 15 is 0 Å². The van der Waals surface area contributed by atoms with Crippen molar-refractivity contribution in [3.05, 3.63) is 227 Å². The molecule has 1 atom stereocenters. The van der Waals surface area contributed by atoms with Crippen LogP contribution < -0.4 is 18.9 Å². The lowest BCUT2D eigenvalue weighted by atomic mass is 9.90. The molecule has 0 aromatic heterocycles. The summed E-state index contributed by atoms with van der Waals surface area (Å²) in [5.74, 6) is 1.79. The zero-order valence-corrected chi connectivity index (χ0v) is 35.9. The van der Waals surface area contributed by atoms with Gasteiger partial charge in [0.1, 0.15) is 37.1 Å². The van der Waals surface area contributed by atoms with E-state index in [4.69, 9.17) is 14.2 Å². The van der Waals surface area contributed by atoms with E-state index in [-0.39, 0.29) is 24.8 Å². The molecule has 7 aromatic carbocycles. The van der Waals surface area contributed by atoms with E-state index in [9.17, 15) is 13.5 Å². The van der Waals surface area contributed by atoms with Crippen LogP contribution in [0.2, 0.25) is 0 Å². The number of nitrogens with zero attached hydrogens (tertiary/aromatic N) is 2. The molecule has 0 amide bonds. The lowest BCUT2D eigenvalue weighted by Gasteiger charge is -2.30. The lowest BCUT2D eigenvalue weighted by molar-refractivity contribution is 0.107. The Kier molecular flexibility index (Phi) is 15.1. The number of hydrogen-bond acceptors (Lipinski definition) is 7. The number of aliphatic hydroxyl groups is 1. The number of aliphatic hydroxyl groups excluding tert-OH is 1. The quantitative estimate of drug-likeness (QED) is 0.0743. The maximum absolute atomic E-state index is 13.1. The van der Waals surface area contributed by atoms with Crippen molar-refractivity contribution in [3.8, 4) is 17.2 Å². The second-order valence-corrected chi connectivity index (χ2v) is 17.2. The van der Waals surface area contributed by atoms with Gasteiger partial charge >= 0.3 is 10.2 Å². The first-order valence-corrected chi connectivity index (χ1v) is 22.1. The van der Waals surface area contributed by atoms with E-state index in [0.29, 0.717) is 37.6 Å². The molecule has 7 rings (SSSR count). The highest BCUT2D eigenvalue weighted by Gasteiger charge is 2.24. The first kappa shape index (κ1) is 43.7. The number of benzene rings is 7. The van der Waals surface area contributed by atoms with Crippen molar-refractivity contribution in [2.45, 2.75) is 38.4 Å². The fourth-order valence-corrected chi connectivity index (χ4v) is 7.68. The molecular weight excluding hydrogens is 795 g/mol. The van der Waals surface area contributed by atoms with Crippen LogP contribution in [0.25, 0.3) is 0 Å². The highest BCUT2D eigenvalue weighted by molar-refractivity contribution is 7.90. The molecule has 0 aliphatic carbocycles. The Morgan fingerprint density at radius 2 is 0.935 bits per heavy atom. The van der Waals surface area contributed by atoms with E-state index < -0.39 is 16.3 Å². The van der Waals surface area contributed by atoms with E-state index in [1.54, 1.807) is 18.2 Å². The van der Waals surface area contributed by atoms with Crippen LogP contribution in [0.4, 0.5) is 5.69 Å². The Bertz CT molecular complexity index is 2440. The third-order valence-corrected chi connectivity index (χ3v) is 12.0. The number of ether oxygens (including phenoxy) is 3. The Hall–Kier alpha value is -6.43. The van der Waals surface area contributed by atoms with Crippen molar-refractivity contribution >= 4 is 15.9 Å². The molecule has 2 N–H and O–H groups in total. The Morgan fingerprint density at radius 1 is 0.516 bits per heavy atom. The van der Waals surface area contributed by atoms with Gasteiger partial charge in [0.25, 0.3) is 0 Å². The topological polar surface area (TPSA) is 101 Å². The maximum Gasteiger partial charge on any atom is 0.301 e. The molecule has 318 valence electrons. The predicted molar refractivity (Wildman–Crippen MR) is 246 cm³/mol. The SMILES string of the molecule is CN(C)S(=O)(=O)Nc1cc([C@@H](O)CN(Cc2ccccc2)CC(c2ccc(OCc3ccccc3)cc2)c2ccc(OCc3ccccc3)cc2)ccc1OCc1ccccc1. The molecule has 9 nitrogen and oxygen atoms in total. The summed E-state index contributed by atoms with van der Waals surface area (Å²) in [7, 11) is -0.972. The molecule has 0 spiro atoms. The minimum atomic E-state index is -3.89. The number of anilines is 1. The zero-order chi connectivity index (χ0) is 43.2. The molecule has 0 unspecified atom stereocenters. The lowest BCUT2D eigenvalue weighted by Crippen LogP contribution is -2.33. The van der Waals surface area contributed by atoms with Crippen LogP contribution in [-0.4, -0.2) is 49.9 Å². The largest absolute Gasteiger partial charge is 0.489 e. The van der Waals surface area contributed by atoms with Gasteiger partial charge in [0.05, 0.1) is 11.8 Å². The van der Waals surface area contributed by atoms with Gasteiger partial charge in [0, 0.05) is 39.6 Å². The number of hydrogen-bond donors (Lipinski definition) is 2. The van der Waals surface area contributed by atoms with Crippen LogP contribution in [-0.2, 0) is 36.6 Å². The van der Waals surface area contributed by atoms with Crippen molar-refractivity contribution in [3.63, 3.8) is 0 Å². The monoisotopic (exact) mass is 847 g/mol. The summed E-state index contributed by atoms with van der Waals surface area (Å²) in [4.78, 5) is 2.24. The van der Waals surface area contributed by atoms with Crippen LogP contribution in [0.15, 0.2) is 188 Å². The summed E-state index contributed by atoms with van der Waals surface area (Å²) in [6.07, 6.45) is -0.979. The van der Waals surface area contributed by atoms with E-state index in [1.165, 1.54) is 14.1 Å². The first-order valence-electron chi connectivity index (χ1n) is 20.7. The van der Waals surface area contributed by atoms with Crippen molar-refractivity contribution in [1.82, 2.24) is 9.21 Å². The van der Waals surface area contributed by atoms with Gasteiger partial charge in [0.15, 0.2) is 0 Å². The molecule has 7 aromatic rings. The van der Waals surface area contributed by atoms with Gasteiger partial charge in [-0.3, -0.25) is 9.62 Å². The summed E-state index contributed by atoms with van der Waals surface area (Å²) < 4.78 is 48.4. The highest BCUT2D eigenvalue weighted by Crippen LogP contribution is 2.33. The molecule has 0 saturated heterocycles. The van der Waals surface area contributed by atoms with Gasteiger partial charge in [-0.1, -0.05) is 152 Å². The van der Waals surface area contributed by atoms with Crippen LogP contribution in [0.3, 0.4) is 0 Å². The first-order chi connectivity index (χ1) is 30.2. The third-order valence-electron chi connectivity index (χ3n) is 10.5. The van der Waals surface area contributed by atoms with Gasteiger partial charge < -0.3 is 19.3 Å². The van der Waals surface area contributed by atoms with Crippen LogP contribution >= 0.6 is 0 Å². The van der Waals surface area contributed by atoms with Crippen molar-refractivity contribution in [2.24, 2.45) is 0 Å². The fraction of sp³-hybridized carbons (Fsp3) is 0.192. The van der Waals surface area contributed by atoms with Gasteiger partial charge in [0.2, 0.25) is 0 Å². The van der Waals surface area contributed by atoms with Crippen molar-refractivity contribution in [1.29, 1.82) is 0 Å². The Balaban J connectivity index is 1.17. The Morgan fingerprint density at radius 3 is 1.39 bits per heavy atom. The van der Waals surface area contributed by atoms with Gasteiger partial charge in [-0.05, 0) is 75.3 Å². The summed E-state index contributed by atoms with van der Waals surface area (Å²) in [6.45, 7) is 2.55. The molecule has 0 heterocycles. The summed E-state index contributed by atoms with van der Waals surface area (Å²) >= 11 is 0. The molecule has 0 bridgehead atoms. The second-order valence-electron chi connectivity index (χ2n) is 15.4. The van der Waals surface area contributed by atoms with Crippen LogP contribution in [0.5, 0.6) is 17.2 Å². The molecule has 62 heavy (non-hydrogen) atoms. The summed E-state index contributed by atoms with van der Waals surface area (Å²) in [5.41, 5.74) is 7.17. The van der Waals surface area contributed by atoms with Crippen molar-refractivity contribution < 1.29 is 27.7 Å². The van der Waals surface area contributed by atoms with Gasteiger partial charge in [-0.2, -0.15) is 12.7 Å². The predicted octanol–water partition coefficient (Wildman–Crippen LogP) is 10.0. The average molecular weight is 848 g/mol. The minimum Gasteiger partial charge on any atom is -0.489 e. The minimum absolute atomic E-state index is 0.103. The van der Waals surface area contributed by atoms with E-state index in [1.807, 2.05) is 133 Å². The number of rotatable bonds is 21. The van der Waals surface area contributed by atoms with Gasteiger partial charge in [-0.15, -0.1) is 0 Å². The van der Waals surface area contributed by atoms with Crippen LogP contribution in [0, 0.1) is 0 Å². The molecule has 0 aliphatic heterocycles. The number of nitrogens with one attached hydrogen (secondary N) is 1. The zero-order valence-electron chi connectivity index (χ0n) is 35.1. The second kappa shape index (κ2) is 21.4. The average Bonchev–Trinajstić information content (AvgIpc) is 3.30. The Labute approximate surface area is 366 Å². The third kappa shape index (κ3) is 12.6. The highest BCUT2D eigenvalue weighted by atomic mass is 32.2. The standard InChI is InChI=1S/C52H53N3O6S/c1-54(2)62(57,58)53-50-33-46(27-32-52(50)61-39-43-21-13-6-14-22-43)51(56)36-55(34-40-15-7-3-8-16-40)35-49(44-23-28-47(29-24-44)59-37-41-17-9-4-10-18-41)45-25-30-48(31-26-45)60-38-42-19-11-5-12-20-42/h3-33,49,51,53,56H,34-39H2,1-2H3/t51-/m0/s1. The van der Waals surface area contributed by atoms with Crippen molar-refractivity contribution in [2.75, 3.05) is 31.9 Å². The summed E-state index contributed by atoms with van der Waals surface area (Å²) in [5, 5.41) is 12.0. The summed E-state index contributed by atoms with van der Waals surface area (Å²) in [6, 6.07) is 61.7. The maximum atomic E-state index is 13.1. The smallest absolute Gasteiger partial charge is 0.301 e. The molecule has 0 radical (unpaired) electrons. The molecule has 0 aliphatic rings.